The molecule has 0 saturated heterocycles. The van der Waals surface area contributed by atoms with E-state index in [4.69, 9.17) is 4.43 Å². The summed E-state index contributed by atoms with van der Waals surface area (Å²) in [5.41, 5.74) is 1.27. The van der Waals surface area contributed by atoms with Gasteiger partial charge in [0.15, 0.2) is 8.32 Å². The van der Waals surface area contributed by atoms with Crippen LogP contribution in [-0.4, -0.2) is 14.6 Å². The van der Waals surface area contributed by atoms with Crippen LogP contribution >= 0.6 is 39.0 Å². The molecule has 1 nitrogen and oxygen atoms in total. The summed E-state index contributed by atoms with van der Waals surface area (Å²) < 4.78 is 7.47. The quantitative estimate of drug-likeness (QED) is 0.361. The molecule has 2 rings (SSSR count). The van der Waals surface area contributed by atoms with Crippen molar-refractivity contribution in [2.75, 3.05) is 6.26 Å². The average molecular weight is 430 g/mol. The summed E-state index contributed by atoms with van der Waals surface area (Å²) in [6, 6.07) is 11.0. The lowest BCUT2D eigenvalue weighted by Crippen LogP contribution is -2.40. The van der Waals surface area contributed by atoms with Crippen LogP contribution in [0.1, 0.15) is 25.6 Å². The molecular formula is C18H25BrOS2Si. The molecule has 0 unspecified atom stereocenters. The average Bonchev–Trinajstić information content (AvgIpc) is 2.92. The van der Waals surface area contributed by atoms with Gasteiger partial charge < -0.3 is 4.43 Å². The summed E-state index contributed by atoms with van der Waals surface area (Å²) in [5.74, 6) is 0. The summed E-state index contributed by atoms with van der Waals surface area (Å²) in [4.78, 5) is 3.88. The molecule has 0 aliphatic rings. The fourth-order valence-electron chi connectivity index (χ4n) is 1.90. The Morgan fingerprint density at radius 2 is 1.87 bits per heavy atom. The summed E-state index contributed by atoms with van der Waals surface area (Å²) in [7, 11) is -1.69. The Kier molecular flexibility index (Phi) is 6.23. The Labute approximate surface area is 158 Å². The highest BCUT2D eigenvalue weighted by Crippen LogP contribution is 2.38. The van der Waals surface area contributed by atoms with Crippen LogP contribution in [-0.2, 0) is 11.0 Å². The molecule has 1 heterocycles. The van der Waals surface area contributed by atoms with E-state index in [9.17, 15) is 0 Å². The van der Waals surface area contributed by atoms with Crippen molar-refractivity contribution >= 4 is 47.3 Å². The maximum absolute atomic E-state index is 6.33. The topological polar surface area (TPSA) is 9.23 Å². The molecule has 0 N–H and O–H groups in total. The Morgan fingerprint density at radius 3 is 2.48 bits per heavy atom. The predicted octanol–water partition coefficient (Wildman–Crippen LogP) is 7.42. The standard InChI is InChI=1S/C18H25BrOS2Si/c1-18(2,3)23(5,6)20-12-15-7-8-17(22-15)13-9-14(19)11-16(10-13)21-4/h7-11H,12H2,1-6H3. The molecule has 5 heteroatoms. The molecule has 0 amide bonds. The molecule has 0 bridgehead atoms. The third-order valence-corrected chi connectivity index (χ3v) is 11.2. The van der Waals surface area contributed by atoms with E-state index < -0.39 is 8.32 Å². The van der Waals surface area contributed by atoms with E-state index in [2.05, 4.69) is 86.4 Å². The van der Waals surface area contributed by atoms with Crippen molar-refractivity contribution in [1.82, 2.24) is 0 Å². The second-order valence-electron chi connectivity index (χ2n) is 7.19. The van der Waals surface area contributed by atoms with E-state index in [-0.39, 0.29) is 5.04 Å². The second kappa shape index (κ2) is 7.44. The highest BCUT2D eigenvalue weighted by atomic mass is 79.9. The van der Waals surface area contributed by atoms with Crippen molar-refractivity contribution < 1.29 is 4.43 Å². The lowest BCUT2D eigenvalue weighted by Gasteiger charge is -2.36. The number of hydrogen-bond acceptors (Lipinski definition) is 3. The highest BCUT2D eigenvalue weighted by Gasteiger charge is 2.37. The van der Waals surface area contributed by atoms with Gasteiger partial charge in [-0.15, -0.1) is 23.1 Å². The molecule has 1 aromatic heterocycles. The first-order valence-electron chi connectivity index (χ1n) is 7.70. The third-order valence-electron chi connectivity index (χ3n) is 4.43. The fraction of sp³-hybridized carbons (Fsp3) is 0.444. The fourth-order valence-corrected chi connectivity index (χ4v) is 5.00. The van der Waals surface area contributed by atoms with E-state index in [1.54, 1.807) is 11.8 Å². The zero-order valence-electron chi connectivity index (χ0n) is 14.7. The molecule has 0 fully saturated rings. The first kappa shape index (κ1) is 19.3. The number of rotatable bonds is 5. The van der Waals surface area contributed by atoms with Gasteiger partial charge in [0.25, 0.3) is 0 Å². The van der Waals surface area contributed by atoms with Gasteiger partial charge in [0.1, 0.15) is 0 Å². The molecule has 0 radical (unpaired) electrons. The van der Waals surface area contributed by atoms with Crippen LogP contribution < -0.4 is 0 Å². The molecule has 126 valence electrons. The van der Waals surface area contributed by atoms with Crippen LogP contribution in [0.15, 0.2) is 39.7 Å². The van der Waals surface area contributed by atoms with E-state index in [0.29, 0.717) is 0 Å². The zero-order chi connectivity index (χ0) is 17.3. The summed E-state index contributed by atoms with van der Waals surface area (Å²) in [6.07, 6.45) is 2.11. The summed E-state index contributed by atoms with van der Waals surface area (Å²) in [6.45, 7) is 12.2. The van der Waals surface area contributed by atoms with Crippen LogP contribution in [0.4, 0.5) is 0 Å². The molecule has 0 aliphatic heterocycles. The number of hydrogen-bond donors (Lipinski definition) is 0. The maximum Gasteiger partial charge on any atom is 0.192 e. The third kappa shape index (κ3) is 4.95. The van der Waals surface area contributed by atoms with Gasteiger partial charge in [0.2, 0.25) is 0 Å². The molecule has 0 saturated carbocycles. The minimum atomic E-state index is -1.69. The zero-order valence-corrected chi connectivity index (χ0v) is 18.9. The molecular weight excluding hydrogens is 404 g/mol. The van der Waals surface area contributed by atoms with Crippen LogP contribution in [0.2, 0.25) is 18.1 Å². The van der Waals surface area contributed by atoms with Crippen molar-refractivity contribution in [1.29, 1.82) is 0 Å². The molecule has 0 atom stereocenters. The van der Waals surface area contributed by atoms with Crippen LogP contribution in [0.5, 0.6) is 0 Å². The Morgan fingerprint density at radius 1 is 1.17 bits per heavy atom. The normalized spacial score (nSPS) is 12.7. The second-order valence-corrected chi connectivity index (χ2v) is 15.0. The molecule has 2 aromatic rings. The van der Waals surface area contributed by atoms with Crippen molar-refractivity contribution in [3.8, 4) is 10.4 Å². The predicted molar refractivity (Wildman–Crippen MR) is 111 cm³/mol. The maximum atomic E-state index is 6.33. The van der Waals surface area contributed by atoms with E-state index >= 15 is 0 Å². The minimum absolute atomic E-state index is 0.255. The first-order valence-corrected chi connectivity index (χ1v) is 13.4. The van der Waals surface area contributed by atoms with E-state index in [1.165, 1.54) is 20.2 Å². The van der Waals surface area contributed by atoms with Crippen molar-refractivity contribution in [2.45, 2.75) is 50.4 Å². The number of benzene rings is 1. The van der Waals surface area contributed by atoms with Gasteiger partial charge in [0.05, 0.1) is 6.61 Å². The number of thioether (sulfide) groups is 1. The van der Waals surface area contributed by atoms with Crippen LogP contribution in [0.25, 0.3) is 10.4 Å². The molecule has 1 aromatic carbocycles. The minimum Gasteiger partial charge on any atom is -0.412 e. The largest absolute Gasteiger partial charge is 0.412 e. The van der Waals surface area contributed by atoms with E-state index in [1.807, 2.05) is 11.3 Å². The molecule has 0 aliphatic carbocycles. The summed E-state index contributed by atoms with van der Waals surface area (Å²) >= 11 is 7.21. The van der Waals surface area contributed by atoms with Gasteiger partial charge in [-0.2, -0.15) is 0 Å². The van der Waals surface area contributed by atoms with Crippen molar-refractivity contribution in [3.05, 3.63) is 39.7 Å². The smallest absolute Gasteiger partial charge is 0.192 e. The molecule has 0 spiro atoms. The van der Waals surface area contributed by atoms with Gasteiger partial charge in [-0.05, 0) is 60.3 Å². The van der Waals surface area contributed by atoms with Crippen molar-refractivity contribution in [2.24, 2.45) is 0 Å². The first-order chi connectivity index (χ1) is 10.6. The van der Waals surface area contributed by atoms with E-state index in [0.717, 1.165) is 11.1 Å². The lowest BCUT2D eigenvalue weighted by molar-refractivity contribution is 0.279. The van der Waals surface area contributed by atoms with Gasteiger partial charge in [0, 0.05) is 19.1 Å². The Bertz CT molecular complexity index is 674. The number of thiophene rings is 1. The van der Waals surface area contributed by atoms with Gasteiger partial charge in [-0.25, -0.2) is 0 Å². The Hall–Kier alpha value is -0.0731. The monoisotopic (exact) mass is 428 g/mol. The Balaban J connectivity index is 2.14. The lowest BCUT2D eigenvalue weighted by atomic mass is 10.2. The van der Waals surface area contributed by atoms with Crippen LogP contribution in [0, 0.1) is 0 Å². The molecule has 23 heavy (non-hydrogen) atoms. The number of halogens is 1. The van der Waals surface area contributed by atoms with Gasteiger partial charge >= 0.3 is 0 Å². The van der Waals surface area contributed by atoms with Crippen molar-refractivity contribution in [3.63, 3.8) is 0 Å². The summed E-state index contributed by atoms with van der Waals surface area (Å²) in [5, 5.41) is 0.255. The highest BCUT2D eigenvalue weighted by molar-refractivity contribution is 9.10. The SMILES string of the molecule is CSc1cc(Br)cc(-c2ccc(CO[Si](C)(C)C(C)(C)C)s2)c1. The van der Waals surface area contributed by atoms with Gasteiger partial charge in [-0.3, -0.25) is 0 Å². The van der Waals surface area contributed by atoms with Gasteiger partial charge in [-0.1, -0.05) is 36.7 Å². The van der Waals surface area contributed by atoms with Crippen LogP contribution in [0.3, 0.4) is 0 Å².